The summed E-state index contributed by atoms with van der Waals surface area (Å²) in [6, 6.07) is 7.35. The van der Waals surface area contributed by atoms with Gasteiger partial charge in [-0.2, -0.15) is 5.26 Å². The first-order valence-corrected chi connectivity index (χ1v) is 7.98. The molecule has 21 heavy (non-hydrogen) atoms. The van der Waals surface area contributed by atoms with Crippen molar-refractivity contribution in [1.82, 2.24) is 0 Å². The van der Waals surface area contributed by atoms with Gasteiger partial charge < -0.3 is 5.11 Å². The Morgan fingerprint density at radius 1 is 1.43 bits per heavy atom. The molecule has 0 spiro atoms. The van der Waals surface area contributed by atoms with Crippen LogP contribution in [0.1, 0.15) is 56.6 Å². The highest BCUT2D eigenvalue weighted by Crippen LogP contribution is 2.56. The van der Waals surface area contributed by atoms with E-state index in [9.17, 15) is 14.8 Å². The van der Waals surface area contributed by atoms with Crippen molar-refractivity contribution in [3.05, 3.63) is 35.1 Å². The Morgan fingerprint density at radius 2 is 2.24 bits per heavy atom. The number of fused-ring (bicyclic) bond motifs is 1. The molecule has 2 aliphatic carbocycles. The predicted molar refractivity (Wildman–Crippen MR) is 78.9 cm³/mol. The van der Waals surface area contributed by atoms with E-state index in [1.165, 1.54) is 6.07 Å². The van der Waals surface area contributed by atoms with Crippen LogP contribution in [0.25, 0.3) is 0 Å². The average Bonchev–Trinajstić information content (AvgIpc) is 2.88. The average molecular weight is 287 g/mol. The molecule has 1 aromatic carbocycles. The highest BCUT2D eigenvalue weighted by Gasteiger charge is 2.56. The van der Waals surface area contributed by atoms with Crippen LogP contribution in [0.2, 0.25) is 0 Å². The standard InChI is InChI=1S/C18H22FNO/c1-2-13-5-4-9-17(11-13,12-20)18(21)10-8-14-15(18)6-3-7-16(14)19/h3,6-7,13,21H,2,4-5,8-11H2,1H3. The molecule has 0 aromatic heterocycles. The first-order valence-electron chi connectivity index (χ1n) is 7.98. The van der Waals surface area contributed by atoms with E-state index >= 15 is 0 Å². The molecule has 0 bridgehead atoms. The normalized spacial score (nSPS) is 35.2. The molecule has 2 nitrogen and oxygen atoms in total. The summed E-state index contributed by atoms with van der Waals surface area (Å²) in [5, 5.41) is 21.2. The van der Waals surface area contributed by atoms with Crippen LogP contribution in [-0.2, 0) is 12.0 Å². The lowest BCUT2D eigenvalue weighted by Gasteiger charge is -2.45. The summed E-state index contributed by atoms with van der Waals surface area (Å²) in [6.45, 7) is 2.14. The molecule has 3 heteroatoms. The molecule has 0 heterocycles. The van der Waals surface area contributed by atoms with E-state index in [1.54, 1.807) is 12.1 Å². The van der Waals surface area contributed by atoms with Gasteiger partial charge in [-0.15, -0.1) is 0 Å². The van der Waals surface area contributed by atoms with Crippen LogP contribution in [-0.4, -0.2) is 5.11 Å². The lowest BCUT2D eigenvalue weighted by molar-refractivity contribution is -0.0870. The van der Waals surface area contributed by atoms with Crippen LogP contribution in [0, 0.1) is 28.5 Å². The van der Waals surface area contributed by atoms with Crippen LogP contribution < -0.4 is 0 Å². The number of hydrogen-bond acceptors (Lipinski definition) is 2. The van der Waals surface area contributed by atoms with E-state index in [1.807, 2.05) is 0 Å². The smallest absolute Gasteiger partial charge is 0.126 e. The van der Waals surface area contributed by atoms with Gasteiger partial charge in [-0.3, -0.25) is 0 Å². The first kappa shape index (κ1) is 14.5. The third kappa shape index (κ3) is 2.00. The van der Waals surface area contributed by atoms with Crippen molar-refractivity contribution in [2.75, 3.05) is 0 Å². The summed E-state index contributed by atoms with van der Waals surface area (Å²) < 4.78 is 14.0. The fourth-order valence-electron chi connectivity index (χ4n) is 4.45. The number of aliphatic hydroxyl groups is 1. The predicted octanol–water partition coefficient (Wildman–Crippen LogP) is 4.07. The minimum absolute atomic E-state index is 0.251. The molecule has 112 valence electrons. The van der Waals surface area contributed by atoms with Gasteiger partial charge in [-0.25, -0.2) is 4.39 Å². The molecule has 3 unspecified atom stereocenters. The maximum Gasteiger partial charge on any atom is 0.126 e. The Morgan fingerprint density at radius 3 is 2.95 bits per heavy atom. The molecule has 0 saturated heterocycles. The van der Waals surface area contributed by atoms with Gasteiger partial charge in [0.05, 0.1) is 11.5 Å². The molecule has 0 radical (unpaired) electrons. The largest absolute Gasteiger partial charge is 0.383 e. The van der Waals surface area contributed by atoms with Crippen molar-refractivity contribution in [2.24, 2.45) is 11.3 Å². The molecular weight excluding hydrogens is 265 g/mol. The molecule has 1 N–H and O–H groups in total. The molecule has 0 amide bonds. The second-order valence-electron chi connectivity index (χ2n) is 6.69. The van der Waals surface area contributed by atoms with Crippen molar-refractivity contribution in [1.29, 1.82) is 5.26 Å². The van der Waals surface area contributed by atoms with Crippen molar-refractivity contribution in [3.63, 3.8) is 0 Å². The zero-order chi connectivity index (χ0) is 15.1. The monoisotopic (exact) mass is 287 g/mol. The van der Waals surface area contributed by atoms with E-state index in [-0.39, 0.29) is 5.82 Å². The number of nitrogens with zero attached hydrogens (tertiary/aromatic N) is 1. The topological polar surface area (TPSA) is 44.0 Å². The van der Waals surface area contributed by atoms with E-state index < -0.39 is 11.0 Å². The summed E-state index contributed by atoms with van der Waals surface area (Å²) in [6.07, 6.45) is 5.57. The number of hydrogen-bond donors (Lipinski definition) is 1. The maximum absolute atomic E-state index is 14.0. The van der Waals surface area contributed by atoms with Crippen LogP contribution in [0.5, 0.6) is 0 Å². The highest BCUT2D eigenvalue weighted by molar-refractivity contribution is 5.42. The quantitative estimate of drug-likeness (QED) is 0.891. The Kier molecular flexibility index (Phi) is 3.53. The van der Waals surface area contributed by atoms with E-state index in [0.717, 1.165) is 25.7 Å². The molecule has 1 aromatic rings. The molecule has 0 aliphatic heterocycles. The number of nitriles is 1. The number of rotatable bonds is 2. The molecule has 3 rings (SSSR count). The van der Waals surface area contributed by atoms with Crippen molar-refractivity contribution < 1.29 is 9.50 Å². The molecule has 3 atom stereocenters. The zero-order valence-corrected chi connectivity index (χ0v) is 12.5. The molecule has 1 saturated carbocycles. The highest BCUT2D eigenvalue weighted by atomic mass is 19.1. The van der Waals surface area contributed by atoms with Crippen LogP contribution in [0.15, 0.2) is 18.2 Å². The molecule has 1 fully saturated rings. The first-order chi connectivity index (χ1) is 10.1. The molecular formula is C18H22FNO. The maximum atomic E-state index is 14.0. The van der Waals surface area contributed by atoms with Crippen LogP contribution in [0.3, 0.4) is 0 Å². The van der Waals surface area contributed by atoms with Gasteiger partial charge in [0.15, 0.2) is 0 Å². The summed E-state index contributed by atoms with van der Waals surface area (Å²) in [4.78, 5) is 0. The van der Waals surface area contributed by atoms with Crippen LogP contribution in [0.4, 0.5) is 4.39 Å². The zero-order valence-electron chi connectivity index (χ0n) is 12.5. The van der Waals surface area contributed by atoms with E-state index in [4.69, 9.17) is 0 Å². The fraction of sp³-hybridized carbons (Fsp3) is 0.611. The van der Waals surface area contributed by atoms with Crippen molar-refractivity contribution in [2.45, 2.75) is 57.5 Å². The third-order valence-corrected chi connectivity index (χ3v) is 5.74. The van der Waals surface area contributed by atoms with Gasteiger partial charge in [-0.1, -0.05) is 38.3 Å². The summed E-state index contributed by atoms with van der Waals surface area (Å²) in [5.41, 5.74) is -0.688. The van der Waals surface area contributed by atoms with E-state index in [0.29, 0.717) is 36.3 Å². The Balaban J connectivity index is 2.07. The van der Waals surface area contributed by atoms with E-state index in [2.05, 4.69) is 13.0 Å². The van der Waals surface area contributed by atoms with Gasteiger partial charge in [0.25, 0.3) is 0 Å². The van der Waals surface area contributed by atoms with Gasteiger partial charge in [0, 0.05) is 0 Å². The second kappa shape index (κ2) is 5.10. The van der Waals surface area contributed by atoms with Gasteiger partial charge in [0.2, 0.25) is 0 Å². The minimum atomic E-state index is -1.19. The SMILES string of the molecule is CCC1CCCC(C#N)(C2(O)CCc3c(F)cccc32)C1. The summed E-state index contributed by atoms with van der Waals surface area (Å²) in [7, 11) is 0. The second-order valence-corrected chi connectivity index (χ2v) is 6.69. The Labute approximate surface area is 125 Å². The number of halogens is 1. The summed E-state index contributed by atoms with van der Waals surface area (Å²) in [5.74, 6) is 0.236. The lowest BCUT2D eigenvalue weighted by Crippen LogP contribution is -2.46. The van der Waals surface area contributed by atoms with Gasteiger partial charge in [-0.05, 0) is 48.8 Å². The Bertz CT molecular complexity index is 593. The van der Waals surface area contributed by atoms with Gasteiger partial charge >= 0.3 is 0 Å². The third-order valence-electron chi connectivity index (χ3n) is 5.74. The van der Waals surface area contributed by atoms with Crippen molar-refractivity contribution >= 4 is 0 Å². The van der Waals surface area contributed by atoms with Crippen LogP contribution >= 0.6 is 0 Å². The minimum Gasteiger partial charge on any atom is -0.383 e. The summed E-state index contributed by atoms with van der Waals surface area (Å²) >= 11 is 0. The molecule has 2 aliphatic rings. The fourth-order valence-corrected chi connectivity index (χ4v) is 4.45. The van der Waals surface area contributed by atoms with Crippen molar-refractivity contribution in [3.8, 4) is 6.07 Å². The number of benzene rings is 1. The van der Waals surface area contributed by atoms with Gasteiger partial charge in [0.1, 0.15) is 11.4 Å². The Hall–Kier alpha value is -1.40. The lowest BCUT2D eigenvalue weighted by atomic mass is 9.59.